The average Bonchev–Trinajstić information content (AvgIpc) is 2.98. The van der Waals surface area contributed by atoms with Crippen LogP contribution < -0.4 is 5.73 Å². The molecule has 0 radical (unpaired) electrons. The van der Waals surface area contributed by atoms with Crippen molar-refractivity contribution in [3.05, 3.63) is 29.3 Å². The van der Waals surface area contributed by atoms with E-state index in [4.69, 9.17) is 5.73 Å². The van der Waals surface area contributed by atoms with Crippen LogP contribution in [0.25, 0.3) is 0 Å². The van der Waals surface area contributed by atoms with Crippen LogP contribution in [-0.4, -0.2) is 17.4 Å². The molecule has 0 aromatic heterocycles. The van der Waals surface area contributed by atoms with Gasteiger partial charge in [-0.1, -0.05) is 37.8 Å². The molecule has 1 heterocycles. The molecule has 2 aliphatic rings. The predicted molar refractivity (Wildman–Crippen MR) is 81.2 cm³/mol. The summed E-state index contributed by atoms with van der Waals surface area (Å²) in [5.74, 6) is 1.12. The molecule has 0 saturated heterocycles. The van der Waals surface area contributed by atoms with Gasteiger partial charge < -0.3 is 10.6 Å². The first-order valence-corrected chi connectivity index (χ1v) is 7.88. The van der Waals surface area contributed by atoms with Gasteiger partial charge in [0.1, 0.15) is 0 Å². The van der Waals surface area contributed by atoms with Gasteiger partial charge in [0.2, 0.25) is 5.91 Å². The third kappa shape index (κ3) is 2.82. The summed E-state index contributed by atoms with van der Waals surface area (Å²) in [6.07, 6.45) is 8.07. The summed E-state index contributed by atoms with van der Waals surface area (Å²) in [6, 6.07) is 6.04. The average molecular weight is 272 g/mol. The molecule has 1 aliphatic carbocycles. The fourth-order valence-corrected chi connectivity index (χ4v) is 3.64. The highest BCUT2D eigenvalue weighted by Gasteiger charge is 2.23. The van der Waals surface area contributed by atoms with Crippen LogP contribution in [0.3, 0.4) is 0 Å². The van der Waals surface area contributed by atoms with Gasteiger partial charge in [0, 0.05) is 25.2 Å². The van der Waals surface area contributed by atoms with Crippen LogP contribution in [0.15, 0.2) is 18.2 Å². The molecule has 2 N–H and O–H groups in total. The Hall–Kier alpha value is -1.51. The topological polar surface area (TPSA) is 46.3 Å². The van der Waals surface area contributed by atoms with Crippen molar-refractivity contribution in [3.8, 4) is 0 Å². The van der Waals surface area contributed by atoms with Crippen LogP contribution in [0.2, 0.25) is 0 Å². The first kappa shape index (κ1) is 13.5. The van der Waals surface area contributed by atoms with Gasteiger partial charge in [0.25, 0.3) is 0 Å². The van der Waals surface area contributed by atoms with Gasteiger partial charge >= 0.3 is 0 Å². The monoisotopic (exact) mass is 272 g/mol. The third-order valence-electron chi connectivity index (χ3n) is 4.90. The SMILES string of the molecule is Nc1cccc2c1CCN(C(=O)CCC1CCCC1)C2. The van der Waals surface area contributed by atoms with E-state index in [2.05, 4.69) is 6.07 Å². The molecule has 108 valence electrons. The smallest absolute Gasteiger partial charge is 0.222 e. The zero-order chi connectivity index (χ0) is 13.9. The largest absolute Gasteiger partial charge is 0.398 e. The van der Waals surface area contributed by atoms with E-state index >= 15 is 0 Å². The van der Waals surface area contributed by atoms with E-state index < -0.39 is 0 Å². The Morgan fingerprint density at radius 2 is 2.10 bits per heavy atom. The molecule has 1 fully saturated rings. The van der Waals surface area contributed by atoms with E-state index in [1.165, 1.54) is 36.8 Å². The molecule has 20 heavy (non-hydrogen) atoms. The fourth-order valence-electron chi connectivity index (χ4n) is 3.64. The van der Waals surface area contributed by atoms with Crippen molar-refractivity contribution >= 4 is 11.6 Å². The van der Waals surface area contributed by atoms with Crippen LogP contribution in [0, 0.1) is 5.92 Å². The van der Waals surface area contributed by atoms with Gasteiger partial charge in [-0.25, -0.2) is 0 Å². The second-order valence-corrected chi connectivity index (χ2v) is 6.24. The van der Waals surface area contributed by atoms with Gasteiger partial charge in [-0.2, -0.15) is 0 Å². The molecule has 1 aromatic rings. The number of amides is 1. The van der Waals surface area contributed by atoms with Crippen LogP contribution in [0.1, 0.15) is 49.7 Å². The van der Waals surface area contributed by atoms with E-state index in [-0.39, 0.29) is 0 Å². The normalized spacial score (nSPS) is 19.1. The number of nitrogens with zero attached hydrogens (tertiary/aromatic N) is 1. The summed E-state index contributed by atoms with van der Waals surface area (Å²) >= 11 is 0. The number of fused-ring (bicyclic) bond motifs is 1. The lowest BCUT2D eigenvalue weighted by Gasteiger charge is -2.30. The van der Waals surface area contributed by atoms with E-state index in [0.29, 0.717) is 5.91 Å². The molecule has 0 spiro atoms. The zero-order valence-corrected chi connectivity index (χ0v) is 12.1. The maximum absolute atomic E-state index is 12.3. The molecule has 3 heteroatoms. The summed E-state index contributed by atoms with van der Waals surface area (Å²) in [6.45, 7) is 1.56. The van der Waals surface area contributed by atoms with Crippen LogP contribution in [-0.2, 0) is 17.8 Å². The van der Waals surface area contributed by atoms with Crippen molar-refractivity contribution in [2.24, 2.45) is 5.92 Å². The molecule has 1 amide bonds. The highest BCUT2D eigenvalue weighted by Crippen LogP contribution is 2.29. The minimum Gasteiger partial charge on any atom is -0.398 e. The van der Waals surface area contributed by atoms with Gasteiger partial charge in [0.15, 0.2) is 0 Å². The Labute approximate surface area is 121 Å². The van der Waals surface area contributed by atoms with E-state index in [9.17, 15) is 4.79 Å². The number of carbonyl (C=O) groups is 1. The van der Waals surface area contributed by atoms with Gasteiger partial charge in [-0.05, 0) is 36.0 Å². The van der Waals surface area contributed by atoms with E-state index in [1.807, 2.05) is 17.0 Å². The van der Waals surface area contributed by atoms with Crippen molar-refractivity contribution in [1.82, 2.24) is 4.90 Å². The number of hydrogen-bond acceptors (Lipinski definition) is 2. The lowest BCUT2D eigenvalue weighted by Crippen LogP contribution is -2.36. The number of nitrogen functional groups attached to an aromatic ring is 1. The Kier molecular flexibility index (Phi) is 3.95. The zero-order valence-electron chi connectivity index (χ0n) is 12.1. The summed E-state index contributed by atoms with van der Waals surface area (Å²) in [5.41, 5.74) is 9.35. The molecule has 3 rings (SSSR count). The lowest BCUT2D eigenvalue weighted by atomic mass is 9.97. The molecule has 0 unspecified atom stereocenters. The van der Waals surface area contributed by atoms with Crippen molar-refractivity contribution < 1.29 is 4.79 Å². The quantitative estimate of drug-likeness (QED) is 0.859. The summed E-state index contributed by atoms with van der Waals surface area (Å²) in [5, 5.41) is 0. The summed E-state index contributed by atoms with van der Waals surface area (Å²) in [4.78, 5) is 14.4. The molecule has 3 nitrogen and oxygen atoms in total. The molecule has 1 aliphatic heterocycles. The van der Waals surface area contributed by atoms with Crippen LogP contribution >= 0.6 is 0 Å². The Bertz CT molecular complexity index is 492. The molecular formula is C17H24N2O. The Balaban J connectivity index is 1.57. The molecular weight excluding hydrogens is 248 g/mol. The number of benzene rings is 1. The lowest BCUT2D eigenvalue weighted by molar-refractivity contribution is -0.132. The molecule has 1 aromatic carbocycles. The maximum Gasteiger partial charge on any atom is 0.222 e. The number of anilines is 1. The molecule has 0 bridgehead atoms. The van der Waals surface area contributed by atoms with Crippen molar-refractivity contribution in [2.75, 3.05) is 12.3 Å². The van der Waals surface area contributed by atoms with Gasteiger partial charge in [0.05, 0.1) is 0 Å². The Morgan fingerprint density at radius 3 is 2.90 bits per heavy atom. The van der Waals surface area contributed by atoms with Gasteiger partial charge in [-0.15, -0.1) is 0 Å². The number of hydrogen-bond donors (Lipinski definition) is 1. The van der Waals surface area contributed by atoms with E-state index in [0.717, 1.165) is 44.0 Å². The first-order chi connectivity index (χ1) is 9.74. The second kappa shape index (κ2) is 5.86. The molecule has 0 atom stereocenters. The van der Waals surface area contributed by atoms with Crippen molar-refractivity contribution in [2.45, 2.75) is 51.5 Å². The minimum atomic E-state index is 0.324. The second-order valence-electron chi connectivity index (χ2n) is 6.24. The summed E-state index contributed by atoms with van der Waals surface area (Å²) < 4.78 is 0. The predicted octanol–water partition coefficient (Wildman–Crippen LogP) is 3.12. The highest BCUT2D eigenvalue weighted by atomic mass is 16.2. The fraction of sp³-hybridized carbons (Fsp3) is 0.588. The number of rotatable bonds is 3. The highest BCUT2D eigenvalue weighted by molar-refractivity contribution is 5.76. The number of carbonyl (C=O) groups excluding carboxylic acids is 1. The number of nitrogens with two attached hydrogens (primary N) is 1. The maximum atomic E-state index is 12.3. The first-order valence-electron chi connectivity index (χ1n) is 7.88. The van der Waals surface area contributed by atoms with Gasteiger partial charge in [-0.3, -0.25) is 4.79 Å². The molecule has 1 saturated carbocycles. The summed E-state index contributed by atoms with van der Waals surface area (Å²) in [7, 11) is 0. The third-order valence-corrected chi connectivity index (χ3v) is 4.90. The Morgan fingerprint density at radius 1 is 1.30 bits per heavy atom. The minimum absolute atomic E-state index is 0.324. The van der Waals surface area contributed by atoms with Crippen LogP contribution in [0.4, 0.5) is 5.69 Å². The standard InChI is InChI=1S/C17H24N2O/c18-16-7-3-6-14-12-19(11-10-15(14)16)17(20)9-8-13-4-1-2-5-13/h3,6-7,13H,1-2,4-5,8-12,18H2. The van der Waals surface area contributed by atoms with E-state index in [1.54, 1.807) is 0 Å². The van der Waals surface area contributed by atoms with Crippen molar-refractivity contribution in [3.63, 3.8) is 0 Å². The van der Waals surface area contributed by atoms with Crippen LogP contribution in [0.5, 0.6) is 0 Å². The van der Waals surface area contributed by atoms with Crippen molar-refractivity contribution in [1.29, 1.82) is 0 Å².